The number of nitrogens with zero attached hydrogens (tertiary/aromatic N) is 4. The van der Waals surface area contributed by atoms with E-state index in [2.05, 4.69) is 39.0 Å². The summed E-state index contributed by atoms with van der Waals surface area (Å²) in [5.74, 6) is 3.32. The minimum Gasteiger partial charge on any atom is -0.497 e. The fourth-order valence-corrected chi connectivity index (χ4v) is 4.66. The molecule has 3 aromatic rings. The van der Waals surface area contributed by atoms with Crippen molar-refractivity contribution in [2.75, 3.05) is 71.5 Å². The Labute approximate surface area is 206 Å². The van der Waals surface area contributed by atoms with Crippen molar-refractivity contribution in [3.63, 3.8) is 0 Å². The number of hydrogen-bond donors (Lipinski definition) is 0. The van der Waals surface area contributed by atoms with Crippen LogP contribution in [0.2, 0.25) is 0 Å². The first-order valence-corrected chi connectivity index (χ1v) is 12.3. The van der Waals surface area contributed by atoms with E-state index in [-0.39, 0.29) is 0 Å². The van der Waals surface area contributed by atoms with Gasteiger partial charge in [0.15, 0.2) is 17.3 Å². The highest BCUT2D eigenvalue weighted by Crippen LogP contribution is 2.34. The summed E-state index contributed by atoms with van der Waals surface area (Å²) < 4.78 is 22.2. The van der Waals surface area contributed by atoms with Gasteiger partial charge in [0.05, 0.1) is 13.7 Å². The monoisotopic (exact) mass is 478 g/mol. The van der Waals surface area contributed by atoms with Crippen molar-refractivity contribution >= 4 is 5.69 Å². The first kappa shape index (κ1) is 23.5. The van der Waals surface area contributed by atoms with Gasteiger partial charge >= 0.3 is 0 Å². The molecule has 0 aliphatic carbocycles. The first-order valence-electron chi connectivity index (χ1n) is 12.3. The van der Waals surface area contributed by atoms with Crippen LogP contribution < -0.4 is 19.1 Å². The summed E-state index contributed by atoms with van der Waals surface area (Å²) >= 11 is 0. The van der Waals surface area contributed by atoms with Crippen LogP contribution >= 0.6 is 0 Å². The fourth-order valence-electron chi connectivity index (χ4n) is 4.66. The largest absolute Gasteiger partial charge is 0.497 e. The van der Waals surface area contributed by atoms with Crippen molar-refractivity contribution in [2.45, 2.75) is 13.0 Å². The molecule has 186 valence electrons. The van der Waals surface area contributed by atoms with Gasteiger partial charge in [-0.25, -0.2) is 0 Å². The van der Waals surface area contributed by atoms with E-state index in [0.717, 1.165) is 86.5 Å². The molecule has 8 nitrogen and oxygen atoms in total. The molecule has 1 saturated heterocycles. The van der Waals surface area contributed by atoms with Crippen LogP contribution in [0.4, 0.5) is 5.69 Å². The molecule has 1 aromatic heterocycles. The molecule has 5 rings (SSSR count). The highest BCUT2D eigenvalue weighted by molar-refractivity contribution is 5.64. The highest BCUT2D eigenvalue weighted by atomic mass is 16.6. The summed E-state index contributed by atoms with van der Waals surface area (Å²) in [6.07, 6.45) is 1.13. The molecule has 0 radical (unpaired) electrons. The average molecular weight is 479 g/mol. The van der Waals surface area contributed by atoms with Crippen molar-refractivity contribution in [1.29, 1.82) is 0 Å². The minimum absolute atomic E-state index is 0.573. The van der Waals surface area contributed by atoms with E-state index >= 15 is 0 Å². The van der Waals surface area contributed by atoms with Crippen molar-refractivity contribution < 1.29 is 18.7 Å². The zero-order valence-corrected chi connectivity index (χ0v) is 20.6. The van der Waals surface area contributed by atoms with E-state index in [4.69, 9.17) is 18.7 Å². The Morgan fingerprint density at radius 3 is 2.49 bits per heavy atom. The summed E-state index contributed by atoms with van der Waals surface area (Å²) in [4.78, 5) is 7.30. The quantitative estimate of drug-likeness (QED) is 0.461. The second-order valence-electron chi connectivity index (χ2n) is 9.15. The predicted octanol–water partition coefficient (Wildman–Crippen LogP) is 3.77. The van der Waals surface area contributed by atoms with Crippen molar-refractivity contribution in [3.8, 4) is 28.5 Å². The molecule has 2 aliphatic heterocycles. The van der Waals surface area contributed by atoms with E-state index in [1.54, 1.807) is 7.11 Å². The maximum absolute atomic E-state index is 5.69. The number of hydrogen-bond acceptors (Lipinski definition) is 8. The van der Waals surface area contributed by atoms with Crippen LogP contribution in [0.1, 0.15) is 12.2 Å². The summed E-state index contributed by atoms with van der Waals surface area (Å²) in [7, 11) is 3.84. The topological polar surface area (TPSA) is 63.4 Å². The average Bonchev–Trinajstić information content (AvgIpc) is 3.37. The van der Waals surface area contributed by atoms with E-state index in [9.17, 15) is 0 Å². The molecule has 3 heterocycles. The zero-order chi connectivity index (χ0) is 24.0. The van der Waals surface area contributed by atoms with Crippen LogP contribution in [0.25, 0.3) is 11.3 Å². The number of ether oxygens (including phenoxy) is 3. The van der Waals surface area contributed by atoms with E-state index in [1.165, 1.54) is 5.69 Å². The summed E-state index contributed by atoms with van der Waals surface area (Å²) in [6.45, 7) is 8.33. The van der Waals surface area contributed by atoms with Gasteiger partial charge < -0.3 is 23.6 Å². The maximum Gasteiger partial charge on any atom is 0.162 e. The van der Waals surface area contributed by atoms with Crippen LogP contribution in [-0.4, -0.2) is 81.6 Å². The van der Waals surface area contributed by atoms with Crippen molar-refractivity contribution in [2.24, 2.45) is 0 Å². The van der Waals surface area contributed by atoms with Crippen molar-refractivity contribution in [3.05, 3.63) is 54.3 Å². The molecule has 0 bridgehead atoms. The molecule has 0 saturated carbocycles. The number of piperazine rings is 1. The maximum atomic E-state index is 5.69. The number of fused-ring (bicyclic) bond motifs is 1. The molecular weight excluding hydrogens is 444 g/mol. The van der Waals surface area contributed by atoms with Crippen LogP contribution in [-0.2, 0) is 6.54 Å². The number of benzene rings is 2. The predicted molar refractivity (Wildman–Crippen MR) is 136 cm³/mol. The Balaban J connectivity index is 1.04. The molecule has 0 spiro atoms. The van der Waals surface area contributed by atoms with E-state index in [1.807, 2.05) is 36.4 Å². The summed E-state index contributed by atoms with van der Waals surface area (Å²) in [5, 5.41) is 4.27. The third kappa shape index (κ3) is 5.89. The second kappa shape index (κ2) is 11.0. The lowest BCUT2D eigenvalue weighted by molar-refractivity contribution is 0.171. The Morgan fingerprint density at radius 1 is 0.943 bits per heavy atom. The van der Waals surface area contributed by atoms with Gasteiger partial charge in [0, 0.05) is 43.5 Å². The first-order chi connectivity index (χ1) is 17.2. The summed E-state index contributed by atoms with van der Waals surface area (Å²) in [5.41, 5.74) is 3.06. The van der Waals surface area contributed by atoms with Crippen LogP contribution in [0, 0.1) is 0 Å². The number of rotatable bonds is 9. The van der Waals surface area contributed by atoms with Crippen LogP contribution in [0.5, 0.6) is 17.2 Å². The van der Waals surface area contributed by atoms with Gasteiger partial charge in [-0.05, 0) is 69.0 Å². The fraction of sp³-hybridized carbons (Fsp3) is 0.444. The Hall–Kier alpha value is -3.23. The molecule has 1 fully saturated rings. The molecule has 35 heavy (non-hydrogen) atoms. The van der Waals surface area contributed by atoms with Gasteiger partial charge in [-0.3, -0.25) is 9.80 Å². The summed E-state index contributed by atoms with van der Waals surface area (Å²) in [6, 6.07) is 16.3. The molecular formula is C27H34N4O4. The SMILES string of the molecule is COc1ccc(N2CCN(CCCN(C)Cc3cc(-c4ccc5c(c4)OCCO5)no3)CC2)cc1. The molecule has 8 heteroatoms. The Bertz CT molecular complexity index is 1090. The minimum atomic E-state index is 0.573. The number of methoxy groups -OCH3 is 1. The van der Waals surface area contributed by atoms with Crippen LogP contribution in [0.3, 0.4) is 0 Å². The van der Waals surface area contributed by atoms with Gasteiger partial charge in [0.1, 0.15) is 24.7 Å². The lowest BCUT2D eigenvalue weighted by Crippen LogP contribution is -2.47. The van der Waals surface area contributed by atoms with Crippen LogP contribution in [0.15, 0.2) is 53.1 Å². The molecule has 0 N–H and O–H groups in total. The molecule has 2 aliphatic rings. The van der Waals surface area contributed by atoms with Gasteiger partial charge in [0.2, 0.25) is 0 Å². The molecule has 0 amide bonds. The molecule has 2 aromatic carbocycles. The lowest BCUT2D eigenvalue weighted by Gasteiger charge is -2.36. The standard InChI is InChI=1S/C27H34N4O4/c1-29(10-3-11-30-12-14-31(15-13-30)22-5-7-23(32-2)8-6-22)20-24-19-25(28-35-24)21-4-9-26-27(18-21)34-17-16-33-26/h4-9,18-19H,3,10-17,20H2,1-2H3. The second-order valence-corrected chi connectivity index (χ2v) is 9.15. The van der Waals surface area contributed by atoms with Gasteiger partial charge in [-0.15, -0.1) is 0 Å². The normalized spacial score (nSPS) is 16.0. The highest BCUT2D eigenvalue weighted by Gasteiger charge is 2.18. The van der Waals surface area contributed by atoms with Gasteiger partial charge in [-0.2, -0.15) is 0 Å². The molecule has 0 atom stereocenters. The van der Waals surface area contributed by atoms with Gasteiger partial charge in [0.25, 0.3) is 0 Å². The number of anilines is 1. The van der Waals surface area contributed by atoms with Crippen molar-refractivity contribution in [1.82, 2.24) is 15.0 Å². The Kier molecular flexibility index (Phi) is 7.39. The van der Waals surface area contributed by atoms with Gasteiger partial charge in [-0.1, -0.05) is 5.16 Å². The molecule has 0 unspecified atom stereocenters. The third-order valence-electron chi connectivity index (χ3n) is 6.65. The third-order valence-corrected chi connectivity index (χ3v) is 6.65. The van der Waals surface area contributed by atoms with E-state index < -0.39 is 0 Å². The lowest BCUT2D eigenvalue weighted by atomic mass is 10.1. The smallest absolute Gasteiger partial charge is 0.162 e. The zero-order valence-electron chi connectivity index (χ0n) is 20.6. The number of aromatic nitrogens is 1. The Morgan fingerprint density at radius 2 is 1.71 bits per heavy atom. The van der Waals surface area contributed by atoms with E-state index in [0.29, 0.717) is 13.2 Å².